The number of benzene rings is 1. The number of carbonyl (C=O) groups excluding carboxylic acids is 2. The van der Waals surface area contributed by atoms with Crippen LogP contribution in [0.5, 0.6) is 5.75 Å². The summed E-state index contributed by atoms with van der Waals surface area (Å²) in [5, 5.41) is 2.18. The highest BCUT2D eigenvalue weighted by atomic mass is 32.2. The van der Waals surface area contributed by atoms with E-state index in [9.17, 15) is 31.2 Å². The van der Waals surface area contributed by atoms with Gasteiger partial charge in [0.25, 0.3) is 0 Å². The molecule has 0 bridgehead atoms. The molecule has 0 unspecified atom stereocenters. The van der Waals surface area contributed by atoms with Crippen molar-refractivity contribution in [3.05, 3.63) is 23.8 Å². The molecule has 0 atom stereocenters. The number of hydrogen-bond acceptors (Lipinski definition) is 6. The summed E-state index contributed by atoms with van der Waals surface area (Å²) >= 11 is 0. The highest BCUT2D eigenvalue weighted by molar-refractivity contribution is 7.88. The van der Waals surface area contributed by atoms with Gasteiger partial charge in [-0.1, -0.05) is 0 Å². The van der Waals surface area contributed by atoms with Crippen LogP contribution in [-0.4, -0.2) is 31.9 Å². The molecule has 0 saturated heterocycles. The molecule has 1 aromatic rings. The number of rotatable bonds is 4. The Balaban J connectivity index is 3.10. The van der Waals surface area contributed by atoms with E-state index < -0.39 is 38.6 Å². The highest BCUT2D eigenvalue weighted by Crippen LogP contribution is 2.30. The fraction of sp³-hybridized carbons (Fsp3) is 0.385. The largest absolute Gasteiger partial charge is 0.534 e. The van der Waals surface area contributed by atoms with Crippen LogP contribution in [0.25, 0.3) is 0 Å². The third-order valence-corrected chi connectivity index (χ3v) is 3.23. The predicted octanol–water partition coefficient (Wildman–Crippen LogP) is 3.07. The molecule has 7 nitrogen and oxygen atoms in total. The van der Waals surface area contributed by atoms with Crippen molar-refractivity contribution in [1.82, 2.24) is 0 Å². The molecule has 1 amide bonds. The first kappa shape index (κ1) is 19.7. The second kappa shape index (κ2) is 6.67. The second-order valence-electron chi connectivity index (χ2n) is 5.48. The van der Waals surface area contributed by atoms with Gasteiger partial charge < -0.3 is 8.92 Å². The summed E-state index contributed by atoms with van der Waals surface area (Å²) in [7, 11) is -5.96. The molecule has 11 heteroatoms. The summed E-state index contributed by atoms with van der Waals surface area (Å²) in [6.45, 7) is 4.77. The molecule has 0 aliphatic carbocycles. The van der Waals surface area contributed by atoms with E-state index in [2.05, 4.69) is 9.50 Å². The van der Waals surface area contributed by atoms with Crippen LogP contribution in [-0.2, 0) is 14.9 Å². The Kier molecular flexibility index (Phi) is 5.49. The fourth-order valence-electron chi connectivity index (χ4n) is 1.37. The molecule has 1 aromatic carbocycles. The van der Waals surface area contributed by atoms with E-state index in [1.807, 2.05) is 0 Å². The molecule has 0 aromatic heterocycles. The summed E-state index contributed by atoms with van der Waals surface area (Å²) in [4.78, 5) is 22.4. The summed E-state index contributed by atoms with van der Waals surface area (Å²) in [5.74, 6) is -0.879. The van der Waals surface area contributed by atoms with E-state index in [1.165, 1.54) is 6.07 Å². The highest BCUT2D eigenvalue weighted by Gasteiger charge is 2.48. The van der Waals surface area contributed by atoms with Crippen LogP contribution >= 0.6 is 0 Å². The minimum Gasteiger partial charge on any atom is -0.444 e. The van der Waals surface area contributed by atoms with Gasteiger partial charge in [0.2, 0.25) is 0 Å². The van der Waals surface area contributed by atoms with Crippen LogP contribution in [0.2, 0.25) is 0 Å². The van der Waals surface area contributed by atoms with Crippen molar-refractivity contribution >= 4 is 28.2 Å². The minimum atomic E-state index is -5.96. The molecular formula is C13H14F3NO6S. The average molecular weight is 369 g/mol. The van der Waals surface area contributed by atoms with Crippen LogP contribution in [0.4, 0.5) is 23.7 Å². The third kappa shape index (κ3) is 5.41. The number of hydrogen-bond donors (Lipinski definition) is 1. The summed E-state index contributed by atoms with van der Waals surface area (Å²) in [6, 6.07) is 2.92. The average Bonchev–Trinajstić information content (AvgIpc) is 2.34. The molecule has 1 N–H and O–H groups in total. The van der Waals surface area contributed by atoms with Crippen LogP contribution in [0, 0.1) is 0 Å². The predicted molar refractivity (Wildman–Crippen MR) is 77.3 cm³/mol. The maximum absolute atomic E-state index is 12.4. The van der Waals surface area contributed by atoms with Gasteiger partial charge in [-0.25, -0.2) is 4.79 Å². The summed E-state index contributed by atoms with van der Waals surface area (Å²) in [5.41, 5.74) is -7.06. The van der Waals surface area contributed by atoms with Gasteiger partial charge in [0.15, 0.2) is 12.0 Å². The van der Waals surface area contributed by atoms with E-state index in [0.29, 0.717) is 0 Å². The maximum atomic E-state index is 12.4. The number of aldehydes is 1. The van der Waals surface area contributed by atoms with Crippen molar-refractivity contribution < 1.29 is 40.1 Å². The summed E-state index contributed by atoms with van der Waals surface area (Å²) in [6.07, 6.45) is -0.815. The number of amides is 1. The summed E-state index contributed by atoms with van der Waals surface area (Å²) < 4.78 is 68.0. The van der Waals surface area contributed by atoms with E-state index in [-0.39, 0.29) is 12.0 Å². The van der Waals surface area contributed by atoms with Crippen molar-refractivity contribution in [2.24, 2.45) is 0 Å². The molecule has 134 valence electrons. The van der Waals surface area contributed by atoms with Crippen LogP contribution < -0.4 is 9.50 Å². The fourth-order valence-corrected chi connectivity index (χ4v) is 1.84. The SMILES string of the molecule is CC(C)(C)OC(=O)Nc1ccc(C=O)c(OS(=O)(=O)C(F)(F)F)c1. The molecule has 0 heterocycles. The van der Waals surface area contributed by atoms with Gasteiger partial charge >= 0.3 is 21.7 Å². The second-order valence-corrected chi connectivity index (χ2v) is 7.02. The minimum absolute atomic E-state index is 0.110. The lowest BCUT2D eigenvalue weighted by atomic mass is 10.2. The van der Waals surface area contributed by atoms with Crippen molar-refractivity contribution in [2.45, 2.75) is 31.9 Å². The van der Waals surface area contributed by atoms with Gasteiger partial charge in [0.05, 0.1) is 5.56 Å². The molecule has 0 aliphatic heterocycles. The third-order valence-electron chi connectivity index (χ3n) is 2.27. The zero-order valence-corrected chi connectivity index (χ0v) is 13.6. The smallest absolute Gasteiger partial charge is 0.444 e. The Labute approximate surface area is 135 Å². The van der Waals surface area contributed by atoms with E-state index in [4.69, 9.17) is 4.74 Å². The van der Waals surface area contributed by atoms with Crippen molar-refractivity contribution in [3.63, 3.8) is 0 Å². The number of anilines is 1. The lowest BCUT2D eigenvalue weighted by Gasteiger charge is -2.20. The molecule has 0 spiro atoms. The van der Waals surface area contributed by atoms with E-state index >= 15 is 0 Å². The first-order valence-corrected chi connectivity index (χ1v) is 7.76. The normalized spacial score (nSPS) is 12.4. The van der Waals surface area contributed by atoms with Crippen molar-refractivity contribution in [3.8, 4) is 5.75 Å². The quantitative estimate of drug-likeness (QED) is 0.497. The molecule has 0 radical (unpaired) electrons. The molecule has 0 aliphatic rings. The monoisotopic (exact) mass is 369 g/mol. The van der Waals surface area contributed by atoms with Gasteiger partial charge in [-0.05, 0) is 32.9 Å². The Morgan fingerprint density at radius 3 is 2.25 bits per heavy atom. The standard InChI is InChI=1S/C13H14F3NO6S/c1-12(2,3)22-11(19)17-9-5-4-8(7-18)10(6-9)23-24(20,21)13(14,15)16/h4-7H,1-3H3,(H,17,19). The Hall–Kier alpha value is -2.30. The van der Waals surface area contributed by atoms with Crippen LogP contribution in [0.15, 0.2) is 18.2 Å². The first-order valence-electron chi connectivity index (χ1n) is 6.35. The molecule has 0 saturated carbocycles. The van der Waals surface area contributed by atoms with Gasteiger partial charge in [-0.3, -0.25) is 10.1 Å². The van der Waals surface area contributed by atoms with Crippen LogP contribution in [0.1, 0.15) is 31.1 Å². The number of nitrogens with one attached hydrogen (secondary N) is 1. The van der Waals surface area contributed by atoms with E-state index in [1.54, 1.807) is 20.8 Å². The zero-order valence-electron chi connectivity index (χ0n) is 12.8. The topological polar surface area (TPSA) is 98.8 Å². The van der Waals surface area contributed by atoms with Gasteiger partial charge in [0, 0.05) is 11.8 Å². The Morgan fingerprint density at radius 1 is 1.21 bits per heavy atom. The number of halogens is 3. The number of carbonyl (C=O) groups is 2. The molecule has 1 rings (SSSR count). The lowest BCUT2D eigenvalue weighted by Crippen LogP contribution is -2.28. The van der Waals surface area contributed by atoms with Gasteiger partial charge in [-0.15, -0.1) is 0 Å². The van der Waals surface area contributed by atoms with E-state index in [0.717, 1.165) is 12.1 Å². The van der Waals surface area contributed by atoms with Gasteiger partial charge in [0.1, 0.15) is 5.60 Å². The zero-order chi connectivity index (χ0) is 18.8. The Bertz CT molecular complexity index is 737. The molecular weight excluding hydrogens is 355 g/mol. The molecule has 0 fully saturated rings. The maximum Gasteiger partial charge on any atom is 0.534 e. The van der Waals surface area contributed by atoms with Crippen molar-refractivity contribution in [1.29, 1.82) is 0 Å². The van der Waals surface area contributed by atoms with Crippen molar-refractivity contribution in [2.75, 3.05) is 5.32 Å². The Morgan fingerprint density at radius 2 is 1.79 bits per heavy atom. The van der Waals surface area contributed by atoms with Crippen LogP contribution in [0.3, 0.4) is 0 Å². The number of alkyl halides is 3. The first-order chi connectivity index (χ1) is 10.7. The lowest BCUT2D eigenvalue weighted by molar-refractivity contribution is -0.0500. The molecule has 24 heavy (non-hydrogen) atoms. The van der Waals surface area contributed by atoms with Gasteiger partial charge in [-0.2, -0.15) is 21.6 Å². The number of ether oxygens (including phenoxy) is 1.